The Hall–Kier alpha value is -1.71. The van der Waals surface area contributed by atoms with Crippen molar-refractivity contribution in [2.45, 2.75) is 27.7 Å². The highest BCUT2D eigenvalue weighted by molar-refractivity contribution is 5.76. The Labute approximate surface area is 108 Å². The van der Waals surface area contributed by atoms with Gasteiger partial charge in [-0.2, -0.15) is 0 Å². The molecule has 2 N–H and O–H groups in total. The molecular weight excluding hydrogens is 230 g/mol. The number of aryl methyl sites for hydroxylation is 1. The number of carbonyl (C=O) groups excluding carboxylic acids is 1. The van der Waals surface area contributed by atoms with E-state index < -0.39 is 5.41 Å². The quantitative estimate of drug-likeness (QED) is 0.659. The van der Waals surface area contributed by atoms with Crippen molar-refractivity contribution in [3.05, 3.63) is 23.3 Å². The van der Waals surface area contributed by atoms with Gasteiger partial charge in [-0.25, -0.2) is 0 Å². The fourth-order valence-corrected chi connectivity index (χ4v) is 1.65. The number of carbonyl (C=O) groups is 1. The molecule has 0 heterocycles. The fourth-order valence-electron chi connectivity index (χ4n) is 1.65. The number of benzene rings is 1. The minimum atomic E-state index is -0.682. The lowest BCUT2D eigenvalue weighted by Gasteiger charge is -2.23. The van der Waals surface area contributed by atoms with Gasteiger partial charge >= 0.3 is 5.97 Å². The van der Waals surface area contributed by atoms with Gasteiger partial charge in [0.2, 0.25) is 0 Å². The second-order valence-electron chi connectivity index (χ2n) is 5.09. The Morgan fingerprint density at radius 3 is 2.50 bits per heavy atom. The molecule has 4 heteroatoms. The lowest BCUT2D eigenvalue weighted by Crippen LogP contribution is -2.32. The summed E-state index contributed by atoms with van der Waals surface area (Å²) in [5.41, 5.74) is 7.75. The molecule has 0 spiro atoms. The molecule has 0 atom stereocenters. The minimum Gasteiger partial charge on any atom is -0.492 e. The highest BCUT2D eigenvalue weighted by Gasteiger charge is 2.30. The average Bonchev–Trinajstić information content (AvgIpc) is 2.32. The van der Waals surface area contributed by atoms with Crippen LogP contribution in [-0.4, -0.2) is 19.7 Å². The molecule has 0 aliphatic heterocycles. The molecule has 0 unspecified atom stereocenters. The second-order valence-corrected chi connectivity index (χ2v) is 5.09. The Kier molecular flexibility index (Phi) is 4.22. The highest BCUT2D eigenvalue weighted by atomic mass is 16.5. The molecule has 0 amide bonds. The number of rotatable bonds is 4. The van der Waals surface area contributed by atoms with E-state index in [1.807, 2.05) is 26.0 Å². The fraction of sp³-hybridized carbons (Fsp3) is 0.500. The number of hydrogen-bond donors (Lipinski definition) is 1. The first-order chi connectivity index (χ1) is 8.29. The molecule has 18 heavy (non-hydrogen) atoms. The first-order valence-electron chi connectivity index (χ1n) is 5.86. The summed E-state index contributed by atoms with van der Waals surface area (Å²) >= 11 is 0. The van der Waals surface area contributed by atoms with Crippen LogP contribution < -0.4 is 10.5 Å². The van der Waals surface area contributed by atoms with Crippen molar-refractivity contribution >= 4 is 11.7 Å². The largest absolute Gasteiger partial charge is 0.492 e. The zero-order valence-corrected chi connectivity index (χ0v) is 11.7. The van der Waals surface area contributed by atoms with Crippen molar-refractivity contribution < 1.29 is 14.3 Å². The van der Waals surface area contributed by atoms with Crippen LogP contribution >= 0.6 is 0 Å². The molecule has 0 aliphatic carbocycles. The van der Waals surface area contributed by atoms with Gasteiger partial charge in [0.25, 0.3) is 0 Å². The minimum absolute atomic E-state index is 0.255. The van der Waals surface area contributed by atoms with Gasteiger partial charge < -0.3 is 15.2 Å². The predicted octanol–water partition coefficient (Wildman–Crippen LogP) is 2.46. The van der Waals surface area contributed by atoms with E-state index in [0.717, 1.165) is 16.9 Å². The Morgan fingerprint density at radius 2 is 1.94 bits per heavy atom. The van der Waals surface area contributed by atoms with E-state index >= 15 is 0 Å². The van der Waals surface area contributed by atoms with E-state index in [2.05, 4.69) is 0 Å². The first kappa shape index (κ1) is 14.4. The van der Waals surface area contributed by atoms with E-state index in [9.17, 15) is 4.79 Å². The molecule has 1 aromatic rings. The highest BCUT2D eigenvalue weighted by Crippen LogP contribution is 2.29. The summed E-state index contributed by atoms with van der Waals surface area (Å²) in [4.78, 5) is 11.6. The zero-order chi connectivity index (χ0) is 13.9. The lowest BCUT2D eigenvalue weighted by molar-refractivity contribution is -0.152. The summed E-state index contributed by atoms with van der Waals surface area (Å²) in [5, 5.41) is 0. The van der Waals surface area contributed by atoms with Gasteiger partial charge in [0.1, 0.15) is 12.4 Å². The van der Waals surface area contributed by atoms with Crippen molar-refractivity contribution in [3.8, 4) is 5.75 Å². The van der Waals surface area contributed by atoms with Crippen LogP contribution in [0.25, 0.3) is 0 Å². The molecule has 0 radical (unpaired) electrons. The van der Waals surface area contributed by atoms with Crippen LogP contribution in [0.4, 0.5) is 5.69 Å². The maximum absolute atomic E-state index is 11.6. The third-order valence-corrected chi connectivity index (χ3v) is 2.96. The van der Waals surface area contributed by atoms with E-state index in [1.165, 1.54) is 7.11 Å². The normalized spacial score (nSPS) is 11.2. The van der Waals surface area contributed by atoms with E-state index in [-0.39, 0.29) is 12.6 Å². The van der Waals surface area contributed by atoms with Gasteiger partial charge in [0, 0.05) is 11.3 Å². The molecular formula is C14H21NO3. The summed E-state index contributed by atoms with van der Waals surface area (Å²) in [7, 11) is 1.38. The number of hydrogen-bond acceptors (Lipinski definition) is 4. The summed E-state index contributed by atoms with van der Waals surface area (Å²) in [6, 6.07) is 3.76. The van der Waals surface area contributed by atoms with Crippen molar-refractivity contribution in [2.24, 2.45) is 5.41 Å². The summed E-state index contributed by atoms with van der Waals surface area (Å²) in [5.74, 6) is 0.452. The van der Waals surface area contributed by atoms with Crippen LogP contribution in [0, 0.1) is 19.3 Å². The standard InChI is InChI=1S/C14H21NO3/c1-9-6-7-11(15)10(2)12(9)18-8-14(3,4)13(16)17-5/h6-7H,8,15H2,1-5H3. The number of nitrogens with two attached hydrogens (primary N) is 1. The third-order valence-electron chi connectivity index (χ3n) is 2.96. The van der Waals surface area contributed by atoms with Gasteiger partial charge in [-0.15, -0.1) is 0 Å². The third kappa shape index (κ3) is 2.94. The van der Waals surface area contributed by atoms with E-state index in [0.29, 0.717) is 5.69 Å². The summed E-state index contributed by atoms with van der Waals surface area (Å²) in [6.45, 7) is 7.69. The van der Waals surface area contributed by atoms with E-state index in [4.69, 9.17) is 15.2 Å². The Balaban J connectivity index is 2.87. The molecule has 1 rings (SSSR count). The summed E-state index contributed by atoms with van der Waals surface area (Å²) < 4.78 is 10.5. The van der Waals surface area contributed by atoms with Gasteiger partial charge in [-0.1, -0.05) is 6.07 Å². The molecule has 0 aliphatic rings. The van der Waals surface area contributed by atoms with Gasteiger partial charge in [0.05, 0.1) is 12.5 Å². The molecule has 100 valence electrons. The van der Waals surface area contributed by atoms with Crippen molar-refractivity contribution in [1.29, 1.82) is 0 Å². The van der Waals surface area contributed by atoms with Crippen LogP contribution in [0.3, 0.4) is 0 Å². The first-order valence-corrected chi connectivity index (χ1v) is 5.86. The SMILES string of the molecule is COC(=O)C(C)(C)COc1c(C)ccc(N)c1C. The van der Waals surface area contributed by atoms with Crippen molar-refractivity contribution in [3.63, 3.8) is 0 Å². The maximum Gasteiger partial charge on any atom is 0.314 e. The van der Waals surface area contributed by atoms with Gasteiger partial charge in [-0.05, 0) is 39.3 Å². The van der Waals surface area contributed by atoms with Crippen LogP contribution in [0.5, 0.6) is 5.75 Å². The molecule has 0 fully saturated rings. The van der Waals surface area contributed by atoms with Crippen LogP contribution in [0.1, 0.15) is 25.0 Å². The summed E-state index contributed by atoms with van der Waals surface area (Å²) in [6.07, 6.45) is 0. The number of anilines is 1. The number of nitrogen functional groups attached to an aromatic ring is 1. The van der Waals surface area contributed by atoms with Gasteiger partial charge in [0.15, 0.2) is 0 Å². The lowest BCUT2D eigenvalue weighted by atomic mass is 9.95. The monoisotopic (exact) mass is 251 g/mol. The van der Waals surface area contributed by atoms with Crippen LogP contribution in [0.2, 0.25) is 0 Å². The van der Waals surface area contributed by atoms with E-state index in [1.54, 1.807) is 13.8 Å². The smallest absolute Gasteiger partial charge is 0.314 e. The number of methoxy groups -OCH3 is 1. The Morgan fingerprint density at radius 1 is 1.33 bits per heavy atom. The van der Waals surface area contributed by atoms with Gasteiger partial charge in [-0.3, -0.25) is 4.79 Å². The number of ether oxygens (including phenoxy) is 2. The maximum atomic E-state index is 11.6. The molecule has 1 aromatic carbocycles. The van der Waals surface area contributed by atoms with Crippen molar-refractivity contribution in [1.82, 2.24) is 0 Å². The average molecular weight is 251 g/mol. The predicted molar refractivity (Wildman–Crippen MR) is 71.6 cm³/mol. The molecule has 4 nitrogen and oxygen atoms in total. The zero-order valence-electron chi connectivity index (χ0n) is 11.7. The molecule has 0 saturated carbocycles. The molecule has 0 saturated heterocycles. The Bertz CT molecular complexity index is 453. The molecule has 0 bridgehead atoms. The van der Waals surface area contributed by atoms with Crippen LogP contribution in [-0.2, 0) is 9.53 Å². The second kappa shape index (κ2) is 5.29. The van der Waals surface area contributed by atoms with Crippen molar-refractivity contribution in [2.75, 3.05) is 19.5 Å². The molecule has 0 aromatic heterocycles. The number of esters is 1. The van der Waals surface area contributed by atoms with Crippen LogP contribution in [0.15, 0.2) is 12.1 Å². The topological polar surface area (TPSA) is 61.5 Å².